The SMILES string of the molecule is [Cl][Ca]([Cl])[Cl]. The Morgan fingerprint density at radius 2 is 1.00 bits per heavy atom. The topological polar surface area (TPSA) is 0 Å². The zero-order valence-electron chi connectivity index (χ0n) is 1.84. The number of hydrogen-bond donors (Lipinski definition) is 0. The molecular formula is CaCl3. The summed E-state index contributed by atoms with van der Waals surface area (Å²) in [6.45, 7) is 0. The Hall–Kier alpha value is 2.13. The normalized spacial score (nSPS) is 9.00. The number of hydrogen-bond acceptors (Lipinski definition) is 0. The molecule has 0 aromatic rings. The van der Waals surface area contributed by atoms with Crippen LogP contribution >= 0.6 is 19.2 Å². The second-order valence-electron chi connectivity index (χ2n) is 0.303. The number of rotatable bonds is 0. The molecule has 3 radical (unpaired) electrons. The molecule has 0 aliphatic carbocycles. The van der Waals surface area contributed by atoms with E-state index in [1.165, 1.54) is 0 Å². The molecule has 0 nitrogen and oxygen atoms in total. The zero-order chi connectivity index (χ0) is 3.58. The van der Waals surface area contributed by atoms with Crippen molar-refractivity contribution in [3.05, 3.63) is 0 Å². The van der Waals surface area contributed by atoms with Gasteiger partial charge in [-0.15, -0.1) is 0 Å². The summed E-state index contributed by atoms with van der Waals surface area (Å²) >= 11 is -2.21. The average Bonchev–Trinajstić information content (AvgIpc) is 0.811. The van der Waals surface area contributed by atoms with Crippen LogP contribution in [0.25, 0.3) is 0 Å². The van der Waals surface area contributed by atoms with Crippen molar-refractivity contribution < 1.29 is 0 Å². The summed E-state index contributed by atoms with van der Waals surface area (Å²) in [5.41, 5.74) is 0. The molecule has 0 rings (SSSR count). The van der Waals surface area contributed by atoms with E-state index in [2.05, 4.69) is 0 Å². The van der Waals surface area contributed by atoms with E-state index >= 15 is 0 Å². The molecule has 4 heteroatoms. The van der Waals surface area contributed by atoms with E-state index in [1.54, 1.807) is 0 Å². The van der Waals surface area contributed by atoms with Crippen LogP contribution in [-0.4, -0.2) is 27.4 Å². The van der Waals surface area contributed by atoms with Crippen molar-refractivity contribution in [2.24, 2.45) is 0 Å². The summed E-state index contributed by atoms with van der Waals surface area (Å²) < 4.78 is 0. The minimum atomic E-state index is -2.21. The van der Waals surface area contributed by atoms with Gasteiger partial charge in [0, 0.05) is 0 Å². The first-order valence-corrected chi connectivity index (χ1v) is 9.92. The van der Waals surface area contributed by atoms with Crippen LogP contribution in [0.3, 0.4) is 0 Å². The minimum absolute atomic E-state index is 2.21. The molecule has 0 aromatic heterocycles. The Morgan fingerprint density at radius 3 is 1.00 bits per heavy atom. The van der Waals surface area contributed by atoms with Crippen molar-refractivity contribution in [1.82, 2.24) is 0 Å². The molecule has 0 saturated carbocycles. The van der Waals surface area contributed by atoms with Gasteiger partial charge in [0.25, 0.3) is 0 Å². The molecule has 0 amide bonds. The molecule has 0 aliphatic heterocycles. The molecule has 0 unspecified atom stereocenters. The van der Waals surface area contributed by atoms with Crippen LogP contribution in [0.4, 0.5) is 0 Å². The summed E-state index contributed by atoms with van der Waals surface area (Å²) in [6.07, 6.45) is 15.0. The van der Waals surface area contributed by atoms with Crippen LogP contribution in [0.5, 0.6) is 0 Å². The van der Waals surface area contributed by atoms with Crippen molar-refractivity contribution in [2.45, 2.75) is 0 Å². The maximum atomic E-state index is 5.01. The maximum absolute atomic E-state index is 5.01. The van der Waals surface area contributed by atoms with Gasteiger partial charge in [-0.1, -0.05) is 0 Å². The van der Waals surface area contributed by atoms with Gasteiger partial charge in [-0.2, -0.15) is 0 Å². The van der Waals surface area contributed by atoms with E-state index < -0.39 is 27.4 Å². The van der Waals surface area contributed by atoms with Crippen LogP contribution in [0.2, 0.25) is 0 Å². The van der Waals surface area contributed by atoms with Gasteiger partial charge < -0.3 is 0 Å². The van der Waals surface area contributed by atoms with Crippen molar-refractivity contribution in [2.75, 3.05) is 0 Å². The Balaban J connectivity index is 2.32. The van der Waals surface area contributed by atoms with Crippen LogP contribution in [0.15, 0.2) is 0 Å². The third-order valence-electron chi connectivity index (χ3n) is 0. The van der Waals surface area contributed by atoms with Crippen LogP contribution in [0.1, 0.15) is 0 Å². The Labute approximate surface area is 45.5 Å². The molecule has 4 heavy (non-hydrogen) atoms. The molecule has 0 heterocycles. The zero-order valence-corrected chi connectivity index (χ0v) is 6.32. The summed E-state index contributed by atoms with van der Waals surface area (Å²) in [5.74, 6) is 0. The molecule has 0 aliphatic rings. The van der Waals surface area contributed by atoms with E-state index in [-0.39, 0.29) is 0 Å². The van der Waals surface area contributed by atoms with Gasteiger partial charge in [0.05, 0.1) is 0 Å². The Morgan fingerprint density at radius 1 is 1.00 bits per heavy atom. The molecule has 0 fully saturated rings. The van der Waals surface area contributed by atoms with Gasteiger partial charge in [0.1, 0.15) is 0 Å². The predicted octanol–water partition coefficient (Wildman–Crippen LogP) is 1.69. The van der Waals surface area contributed by atoms with Gasteiger partial charge in [-0.05, 0) is 0 Å². The first kappa shape index (κ1) is 6.13. The fraction of sp³-hybridized carbons (Fsp3) is 0. The first-order chi connectivity index (χ1) is 1.73. The molecule has 0 spiro atoms. The van der Waals surface area contributed by atoms with Crippen LogP contribution < -0.4 is 0 Å². The fourth-order valence-corrected chi connectivity index (χ4v) is 0. The molecule has 23 valence electrons. The monoisotopic (exact) mass is 145 g/mol. The van der Waals surface area contributed by atoms with E-state index in [0.717, 1.165) is 0 Å². The van der Waals surface area contributed by atoms with Gasteiger partial charge in [-0.3, -0.25) is 0 Å². The Bertz CT molecular complexity index is 8.00. The quantitative estimate of drug-likeness (QED) is 0.456. The van der Waals surface area contributed by atoms with E-state index in [9.17, 15) is 0 Å². The van der Waals surface area contributed by atoms with Crippen molar-refractivity contribution in [3.8, 4) is 0 Å². The van der Waals surface area contributed by atoms with Gasteiger partial charge in [-0.25, -0.2) is 0 Å². The number of halogens is 3. The van der Waals surface area contributed by atoms with E-state index in [4.69, 9.17) is 19.2 Å². The molecule has 0 aromatic carbocycles. The van der Waals surface area contributed by atoms with Gasteiger partial charge >= 0.3 is 46.6 Å². The van der Waals surface area contributed by atoms with Gasteiger partial charge in [0.15, 0.2) is 0 Å². The summed E-state index contributed by atoms with van der Waals surface area (Å²) in [7, 11) is 0. The van der Waals surface area contributed by atoms with Gasteiger partial charge in [0.2, 0.25) is 0 Å². The van der Waals surface area contributed by atoms with Crippen molar-refractivity contribution >= 4 is 46.6 Å². The second-order valence-corrected chi connectivity index (χ2v) is 11.2. The molecular weight excluding hydrogens is 146 g/mol. The fourth-order valence-electron chi connectivity index (χ4n) is 0. The Kier molecular flexibility index (Phi) is 5.09. The first-order valence-electron chi connectivity index (χ1n) is 0.802. The van der Waals surface area contributed by atoms with Crippen molar-refractivity contribution in [1.29, 1.82) is 0 Å². The molecule has 0 N–H and O–H groups in total. The van der Waals surface area contributed by atoms with E-state index in [0.29, 0.717) is 0 Å². The predicted molar refractivity (Wildman–Crippen MR) is 23.3 cm³/mol. The second kappa shape index (κ2) is 3.32. The molecule has 0 saturated heterocycles. The van der Waals surface area contributed by atoms with Crippen LogP contribution in [0, 0.1) is 0 Å². The van der Waals surface area contributed by atoms with E-state index in [1.807, 2.05) is 0 Å². The van der Waals surface area contributed by atoms with Crippen molar-refractivity contribution in [3.63, 3.8) is 0 Å². The third kappa shape index (κ3) is 8.92. The van der Waals surface area contributed by atoms with Crippen LogP contribution in [-0.2, 0) is 0 Å². The standard InChI is InChI=1S/Ca.3ClH/h;3*1H/q+3;;;/p-3. The summed E-state index contributed by atoms with van der Waals surface area (Å²) in [5, 5.41) is 0. The molecule has 0 atom stereocenters. The summed E-state index contributed by atoms with van der Waals surface area (Å²) in [6, 6.07) is 0. The summed E-state index contributed by atoms with van der Waals surface area (Å²) in [4.78, 5) is 0. The molecule has 0 bridgehead atoms. The third-order valence-corrected chi connectivity index (χ3v) is 0. The average molecular weight is 146 g/mol.